The molecule has 0 saturated heterocycles. The highest BCUT2D eigenvalue weighted by atomic mass is 16.1. The van der Waals surface area contributed by atoms with Gasteiger partial charge in [-0.1, -0.05) is 6.92 Å². The van der Waals surface area contributed by atoms with Crippen molar-refractivity contribution in [1.29, 1.82) is 0 Å². The monoisotopic (exact) mass is 176 g/mol. The van der Waals surface area contributed by atoms with Crippen LogP contribution in [0.25, 0.3) is 0 Å². The Morgan fingerprint density at radius 1 is 1.15 bits per heavy atom. The Labute approximate surface area is 77.6 Å². The van der Waals surface area contributed by atoms with Crippen molar-refractivity contribution in [2.24, 2.45) is 0 Å². The minimum absolute atomic E-state index is 0.629. The van der Waals surface area contributed by atoms with E-state index in [9.17, 15) is 9.59 Å². The summed E-state index contributed by atoms with van der Waals surface area (Å²) in [5.41, 5.74) is 3.05. The third-order valence-corrected chi connectivity index (χ3v) is 2.07. The molecule has 0 saturated carbocycles. The topological polar surface area (TPSA) is 34.1 Å². The molecule has 0 bridgehead atoms. The van der Waals surface area contributed by atoms with E-state index in [1.54, 1.807) is 12.1 Å². The first-order chi connectivity index (χ1) is 6.22. The molecule has 13 heavy (non-hydrogen) atoms. The van der Waals surface area contributed by atoms with Gasteiger partial charge < -0.3 is 0 Å². The summed E-state index contributed by atoms with van der Waals surface area (Å²) >= 11 is 0. The predicted molar refractivity (Wildman–Crippen MR) is 51.3 cm³/mol. The van der Waals surface area contributed by atoms with Gasteiger partial charge in [0.2, 0.25) is 0 Å². The maximum absolute atomic E-state index is 10.7. The highest BCUT2D eigenvalue weighted by Crippen LogP contribution is 2.15. The summed E-state index contributed by atoms with van der Waals surface area (Å²) < 4.78 is 0. The van der Waals surface area contributed by atoms with Gasteiger partial charge in [0.15, 0.2) is 0 Å². The molecule has 0 N–H and O–H groups in total. The molecule has 0 heterocycles. The molecule has 0 aliphatic carbocycles. The SMILES string of the molecule is CCc1c(C=O)cc(C)cc1C=O. The first kappa shape index (κ1) is 9.65. The quantitative estimate of drug-likeness (QED) is 0.661. The zero-order chi connectivity index (χ0) is 9.84. The van der Waals surface area contributed by atoms with Crippen LogP contribution in [0.15, 0.2) is 12.1 Å². The third-order valence-electron chi connectivity index (χ3n) is 2.07. The molecule has 0 amide bonds. The molecule has 1 aromatic carbocycles. The van der Waals surface area contributed by atoms with E-state index in [1.165, 1.54) is 0 Å². The van der Waals surface area contributed by atoms with Crippen LogP contribution in [-0.2, 0) is 6.42 Å². The van der Waals surface area contributed by atoms with Crippen LogP contribution in [0.2, 0.25) is 0 Å². The second-order valence-electron chi connectivity index (χ2n) is 3.01. The van der Waals surface area contributed by atoms with Gasteiger partial charge in [-0.25, -0.2) is 0 Å². The zero-order valence-corrected chi connectivity index (χ0v) is 7.83. The summed E-state index contributed by atoms with van der Waals surface area (Å²) in [5.74, 6) is 0. The number of hydrogen-bond acceptors (Lipinski definition) is 2. The van der Waals surface area contributed by atoms with Gasteiger partial charge in [0.25, 0.3) is 0 Å². The van der Waals surface area contributed by atoms with E-state index in [0.29, 0.717) is 17.5 Å². The molecule has 1 aromatic rings. The third kappa shape index (κ3) is 1.83. The van der Waals surface area contributed by atoms with Gasteiger partial charge in [0.05, 0.1) is 0 Å². The first-order valence-corrected chi connectivity index (χ1v) is 4.26. The van der Waals surface area contributed by atoms with Crippen LogP contribution in [0.1, 0.15) is 38.8 Å². The summed E-state index contributed by atoms with van der Waals surface area (Å²) in [6.07, 6.45) is 2.32. The van der Waals surface area contributed by atoms with Crippen LogP contribution < -0.4 is 0 Å². The van der Waals surface area contributed by atoms with Crippen LogP contribution in [0.3, 0.4) is 0 Å². The summed E-state index contributed by atoms with van der Waals surface area (Å²) in [7, 11) is 0. The number of carbonyl (C=O) groups is 2. The van der Waals surface area contributed by atoms with Gasteiger partial charge in [-0.05, 0) is 36.6 Å². The molecule has 1 rings (SSSR count). The average molecular weight is 176 g/mol. The lowest BCUT2D eigenvalue weighted by Crippen LogP contribution is -1.98. The lowest BCUT2D eigenvalue weighted by molar-refractivity contribution is 0.112. The molecule has 0 aliphatic heterocycles. The minimum atomic E-state index is 0.629. The molecule has 2 heteroatoms. The molecular formula is C11H12O2. The standard InChI is InChI=1S/C11H12O2/c1-3-11-9(6-12)4-8(2)5-10(11)7-13/h4-7H,3H2,1-2H3. The smallest absolute Gasteiger partial charge is 0.150 e. The van der Waals surface area contributed by atoms with Crippen LogP contribution in [0.4, 0.5) is 0 Å². The van der Waals surface area contributed by atoms with E-state index in [2.05, 4.69) is 0 Å². The highest BCUT2D eigenvalue weighted by Gasteiger charge is 2.06. The zero-order valence-electron chi connectivity index (χ0n) is 7.83. The molecule has 2 nitrogen and oxygen atoms in total. The van der Waals surface area contributed by atoms with Gasteiger partial charge in [-0.15, -0.1) is 0 Å². The van der Waals surface area contributed by atoms with E-state index < -0.39 is 0 Å². The lowest BCUT2D eigenvalue weighted by atomic mass is 9.97. The van der Waals surface area contributed by atoms with Crippen molar-refractivity contribution in [1.82, 2.24) is 0 Å². The van der Waals surface area contributed by atoms with Gasteiger partial charge in [0.1, 0.15) is 12.6 Å². The number of carbonyl (C=O) groups excluding carboxylic acids is 2. The fourth-order valence-electron chi connectivity index (χ4n) is 1.49. The first-order valence-electron chi connectivity index (χ1n) is 4.26. The van der Waals surface area contributed by atoms with Crippen molar-refractivity contribution in [2.45, 2.75) is 20.3 Å². The van der Waals surface area contributed by atoms with Crippen molar-refractivity contribution in [3.63, 3.8) is 0 Å². The Bertz CT molecular complexity index is 311. The van der Waals surface area contributed by atoms with Crippen LogP contribution >= 0.6 is 0 Å². The largest absolute Gasteiger partial charge is 0.298 e. The van der Waals surface area contributed by atoms with Gasteiger partial charge >= 0.3 is 0 Å². The summed E-state index contributed by atoms with van der Waals surface area (Å²) in [5, 5.41) is 0. The molecule has 0 spiro atoms. The Hall–Kier alpha value is -1.44. The van der Waals surface area contributed by atoms with E-state index >= 15 is 0 Å². The van der Waals surface area contributed by atoms with Crippen LogP contribution in [-0.4, -0.2) is 12.6 Å². The second-order valence-corrected chi connectivity index (χ2v) is 3.01. The fraction of sp³-hybridized carbons (Fsp3) is 0.273. The molecular weight excluding hydrogens is 164 g/mol. The molecule has 0 aliphatic rings. The van der Waals surface area contributed by atoms with Crippen molar-refractivity contribution in [2.75, 3.05) is 0 Å². The molecule has 68 valence electrons. The maximum atomic E-state index is 10.7. The van der Waals surface area contributed by atoms with Gasteiger partial charge in [-0.3, -0.25) is 9.59 Å². The Morgan fingerprint density at radius 2 is 1.62 bits per heavy atom. The van der Waals surface area contributed by atoms with E-state index in [-0.39, 0.29) is 0 Å². The number of rotatable bonds is 3. The van der Waals surface area contributed by atoms with Crippen molar-refractivity contribution >= 4 is 12.6 Å². The fourth-order valence-corrected chi connectivity index (χ4v) is 1.49. The molecule has 0 atom stereocenters. The van der Waals surface area contributed by atoms with Crippen LogP contribution in [0.5, 0.6) is 0 Å². The summed E-state index contributed by atoms with van der Waals surface area (Å²) in [6.45, 7) is 3.81. The summed E-state index contributed by atoms with van der Waals surface area (Å²) in [6, 6.07) is 3.61. The van der Waals surface area contributed by atoms with Crippen LogP contribution in [0, 0.1) is 6.92 Å². The highest BCUT2D eigenvalue weighted by molar-refractivity contribution is 5.86. The average Bonchev–Trinajstić information content (AvgIpc) is 2.16. The normalized spacial score (nSPS) is 9.69. The lowest BCUT2D eigenvalue weighted by Gasteiger charge is -2.06. The van der Waals surface area contributed by atoms with E-state index in [0.717, 1.165) is 23.7 Å². The van der Waals surface area contributed by atoms with E-state index in [1.807, 2.05) is 13.8 Å². The van der Waals surface area contributed by atoms with Crippen molar-refractivity contribution < 1.29 is 9.59 Å². The summed E-state index contributed by atoms with van der Waals surface area (Å²) in [4.78, 5) is 21.4. The number of benzene rings is 1. The van der Waals surface area contributed by atoms with Crippen molar-refractivity contribution in [3.05, 3.63) is 34.4 Å². The number of aldehydes is 2. The van der Waals surface area contributed by atoms with Gasteiger partial charge in [0, 0.05) is 11.1 Å². The number of hydrogen-bond donors (Lipinski definition) is 0. The van der Waals surface area contributed by atoms with E-state index in [4.69, 9.17) is 0 Å². The molecule has 0 radical (unpaired) electrons. The number of aryl methyl sites for hydroxylation is 1. The maximum Gasteiger partial charge on any atom is 0.150 e. The predicted octanol–water partition coefficient (Wildman–Crippen LogP) is 2.18. The molecule has 0 fully saturated rings. The van der Waals surface area contributed by atoms with Gasteiger partial charge in [-0.2, -0.15) is 0 Å². The molecule has 0 aromatic heterocycles. The van der Waals surface area contributed by atoms with Crippen molar-refractivity contribution in [3.8, 4) is 0 Å². The second kappa shape index (κ2) is 3.99. The minimum Gasteiger partial charge on any atom is -0.298 e. The Balaban J connectivity index is 3.41. The Kier molecular flexibility index (Phi) is 2.96. The molecule has 0 unspecified atom stereocenters. The Morgan fingerprint density at radius 3 is 1.92 bits per heavy atom.